The SMILES string of the molecule is CCCCCCC1CCC(C=CCCCCC(=O)OC)C1. The van der Waals surface area contributed by atoms with Crippen LogP contribution >= 0.6 is 0 Å². The number of ether oxygens (including phenoxy) is 1. The van der Waals surface area contributed by atoms with Gasteiger partial charge in [0.25, 0.3) is 0 Å². The molecular weight excluding hydrogens is 260 g/mol. The maximum atomic E-state index is 11.0. The average Bonchev–Trinajstić information content (AvgIpc) is 2.94. The summed E-state index contributed by atoms with van der Waals surface area (Å²) in [5, 5.41) is 0. The number of carbonyl (C=O) groups is 1. The van der Waals surface area contributed by atoms with E-state index in [1.54, 1.807) is 0 Å². The van der Waals surface area contributed by atoms with Crippen LogP contribution in [0.2, 0.25) is 0 Å². The molecule has 2 unspecified atom stereocenters. The van der Waals surface area contributed by atoms with Crippen molar-refractivity contribution < 1.29 is 9.53 Å². The van der Waals surface area contributed by atoms with Crippen molar-refractivity contribution in [3.63, 3.8) is 0 Å². The Morgan fingerprint density at radius 1 is 1.14 bits per heavy atom. The second-order valence-electron chi connectivity index (χ2n) is 6.54. The number of unbranched alkanes of at least 4 members (excludes halogenated alkanes) is 5. The Kier molecular flexibility index (Phi) is 10.3. The van der Waals surface area contributed by atoms with Crippen LogP contribution in [0.3, 0.4) is 0 Å². The molecule has 2 heteroatoms. The van der Waals surface area contributed by atoms with Crippen molar-refractivity contribution >= 4 is 5.97 Å². The summed E-state index contributed by atoms with van der Waals surface area (Å²) in [4.78, 5) is 11.0. The van der Waals surface area contributed by atoms with Gasteiger partial charge in [-0.05, 0) is 50.4 Å². The highest BCUT2D eigenvalue weighted by molar-refractivity contribution is 5.68. The van der Waals surface area contributed by atoms with Gasteiger partial charge in [0, 0.05) is 6.42 Å². The first-order chi connectivity index (χ1) is 10.3. The first kappa shape index (κ1) is 18.3. The third-order valence-corrected chi connectivity index (χ3v) is 4.69. The van der Waals surface area contributed by atoms with Crippen LogP contribution in [0.1, 0.15) is 84.0 Å². The first-order valence-corrected chi connectivity index (χ1v) is 8.99. The van der Waals surface area contributed by atoms with Crippen molar-refractivity contribution in [2.24, 2.45) is 11.8 Å². The van der Waals surface area contributed by atoms with Crippen molar-refractivity contribution in [3.05, 3.63) is 12.2 Å². The molecule has 0 heterocycles. The lowest BCUT2D eigenvalue weighted by Crippen LogP contribution is -1.98. The number of carbonyl (C=O) groups excluding carboxylic acids is 1. The maximum Gasteiger partial charge on any atom is 0.305 e. The average molecular weight is 294 g/mol. The maximum absolute atomic E-state index is 11.0. The lowest BCUT2D eigenvalue weighted by atomic mass is 9.97. The molecule has 2 atom stereocenters. The normalized spacial score (nSPS) is 22.0. The van der Waals surface area contributed by atoms with Crippen molar-refractivity contribution in [3.8, 4) is 0 Å². The Morgan fingerprint density at radius 3 is 2.76 bits per heavy atom. The van der Waals surface area contributed by atoms with Gasteiger partial charge in [-0.3, -0.25) is 4.79 Å². The standard InChI is InChI=1S/C19H34O2/c1-3-4-5-8-11-17-14-15-18(16-17)12-9-6-7-10-13-19(20)21-2/h9,12,17-18H,3-8,10-11,13-16H2,1-2H3. The van der Waals surface area contributed by atoms with Crippen LogP contribution in [0, 0.1) is 11.8 Å². The van der Waals surface area contributed by atoms with Gasteiger partial charge in [-0.15, -0.1) is 0 Å². The van der Waals surface area contributed by atoms with E-state index in [-0.39, 0.29) is 5.97 Å². The summed E-state index contributed by atoms with van der Waals surface area (Å²) in [6.45, 7) is 2.28. The van der Waals surface area contributed by atoms with Crippen molar-refractivity contribution in [1.82, 2.24) is 0 Å². The van der Waals surface area contributed by atoms with E-state index in [2.05, 4.69) is 23.8 Å². The van der Waals surface area contributed by atoms with Gasteiger partial charge >= 0.3 is 5.97 Å². The van der Waals surface area contributed by atoms with Crippen molar-refractivity contribution in [2.45, 2.75) is 84.0 Å². The highest BCUT2D eigenvalue weighted by Crippen LogP contribution is 2.35. The molecule has 1 saturated carbocycles. The van der Waals surface area contributed by atoms with Crippen LogP contribution in [0.25, 0.3) is 0 Å². The molecule has 1 rings (SSSR count). The molecule has 0 amide bonds. The van der Waals surface area contributed by atoms with Gasteiger partial charge < -0.3 is 4.74 Å². The Hall–Kier alpha value is -0.790. The second kappa shape index (κ2) is 11.8. The number of methoxy groups -OCH3 is 1. The molecule has 0 radical (unpaired) electrons. The van der Waals surface area contributed by atoms with Crippen LogP contribution in [-0.4, -0.2) is 13.1 Å². The largest absolute Gasteiger partial charge is 0.469 e. The Morgan fingerprint density at radius 2 is 2.00 bits per heavy atom. The molecule has 0 aliphatic heterocycles. The number of esters is 1. The quantitative estimate of drug-likeness (QED) is 0.279. The van der Waals surface area contributed by atoms with Gasteiger partial charge in [-0.1, -0.05) is 51.2 Å². The highest BCUT2D eigenvalue weighted by Gasteiger charge is 2.21. The molecule has 1 aliphatic carbocycles. The first-order valence-electron chi connectivity index (χ1n) is 8.99. The summed E-state index contributed by atoms with van der Waals surface area (Å²) < 4.78 is 4.64. The molecular formula is C19H34O2. The lowest BCUT2D eigenvalue weighted by Gasteiger charge is -2.08. The minimum Gasteiger partial charge on any atom is -0.469 e. The smallest absolute Gasteiger partial charge is 0.305 e. The zero-order chi connectivity index (χ0) is 15.3. The zero-order valence-corrected chi connectivity index (χ0v) is 14.1. The zero-order valence-electron chi connectivity index (χ0n) is 14.1. The Labute approximate surface area is 131 Å². The van der Waals surface area contributed by atoms with Crippen LogP contribution in [0.4, 0.5) is 0 Å². The van der Waals surface area contributed by atoms with Crippen LogP contribution in [-0.2, 0) is 9.53 Å². The van der Waals surface area contributed by atoms with Gasteiger partial charge in [0.05, 0.1) is 7.11 Å². The fourth-order valence-corrected chi connectivity index (χ4v) is 3.33. The number of hydrogen-bond acceptors (Lipinski definition) is 2. The molecule has 0 saturated heterocycles. The highest BCUT2D eigenvalue weighted by atomic mass is 16.5. The van der Waals surface area contributed by atoms with Gasteiger partial charge in [-0.2, -0.15) is 0 Å². The van der Waals surface area contributed by atoms with E-state index in [1.807, 2.05) is 0 Å². The van der Waals surface area contributed by atoms with Gasteiger partial charge in [0.1, 0.15) is 0 Å². The van der Waals surface area contributed by atoms with E-state index in [0.717, 1.165) is 31.1 Å². The summed E-state index contributed by atoms with van der Waals surface area (Å²) in [6, 6.07) is 0. The van der Waals surface area contributed by atoms with E-state index < -0.39 is 0 Å². The molecule has 0 aromatic heterocycles. The molecule has 1 aliphatic rings. The molecule has 0 spiro atoms. The number of allylic oxidation sites excluding steroid dienone is 2. The topological polar surface area (TPSA) is 26.3 Å². The minimum atomic E-state index is -0.0827. The predicted molar refractivity (Wildman–Crippen MR) is 89.2 cm³/mol. The van der Waals surface area contributed by atoms with Crippen molar-refractivity contribution in [1.29, 1.82) is 0 Å². The molecule has 0 aromatic rings. The summed E-state index contributed by atoms with van der Waals surface area (Å²) in [6.07, 6.45) is 19.8. The van der Waals surface area contributed by atoms with Gasteiger partial charge in [-0.25, -0.2) is 0 Å². The van der Waals surface area contributed by atoms with Crippen molar-refractivity contribution in [2.75, 3.05) is 7.11 Å². The second-order valence-corrected chi connectivity index (χ2v) is 6.54. The fourth-order valence-electron chi connectivity index (χ4n) is 3.33. The summed E-state index contributed by atoms with van der Waals surface area (Å²) in [5.74, 6) is 1.72. The number of rotatable bonds is 11. The minimum absolute atomic E-state index is 0.0827. The predicted octanol–water partition coefficient (Wildman–Crippen LogP) is 5.66. The van der Waals surface area contributed by atoms with Crippen LogP contribution in [0.15, 0.2) is 12.2 Å². The summed E-state index contributed by atoms with van der Waals surface area (Å²) in [5.41, 5.74) is 0. The fraction of sp³-hybridized carbons (Fsp3) is 0.842. The van der Waals surface area contributed by atoms with E-state index in [0.29, 0.717) is 6.42 Å². The van der Waals surface area contributed by atoms with E-state index in [1.165, 1.54) is 58.5 Å². The third kappa shape index (κ3) is 8.95. The molecule has 122 valence electrons. The molecule has 0 bridgehead atoms. The molecule has 0 aromatic carbocycles. The molecule has 2 nitrogen and oxygen atoms in total. The van der Waals surface area contributed by atoms with Gasteiger partial charge in [0.15, 0.2) is 0 Å². The lowest BCUT2D eigenvalue weighted by molar-refractivity contribution is -0.140. The molecule has 21 heavy (non-hydrogen) atoms. The van der Waals surface area contributed by atoms with Gasteiger partial charge in [0.2, 0.25) is 0 Å². The van der Waals surface area contributed by atoms with E-state index in [9.17, 15) is 4.79 Å². The summed E-state index contributed by atoms with van der Waals surface area (Å²) >= 11 is 0. The number of hydrogen-bond donors (Lipinski definition) is 0. The Bertz CT molecular complexity index is 296. The van der Waals surface area contributed by atoms with E-state index in [4.69, 9.17) is 0 Å². The van der Waals surface area contributed by atoms with Crippen LogP contribution in [0.5, 0.6) is 0 Å². The molecule has 0 N–H and O–H groups in total. The van der Waals surface area contributed by atoms with Crippen LogP contribution < -0.4 is 0 Å². The Balaban J connectivity index is 2.00. The summed E-state index contributed by atoms with van der Waals surface area (Å²) in [7, 11) is 1.46. The molecule has 1 fully saturated rings. The third-order valence-electron chi connectivity index (χ3n) is 4.69. The van der Waals surface area contributed by atoms with E-state index >= 15 is 0 Å². The monoisotopic (exact) mass is 294 g/mol.